The first-order valence-electron chi connectivity index (χ1n) is 7.43. The topological polar surface area (TPSA) is 59.1 Å². The highest BCUT2D eigenvalue weighted by molar-refractivity contribution is 7.89. The van der Waals surface area contributed by atoms with E-state index in [0.29, 0.717) is 36.9 Å². The maximum Gasteiger partial charge on any atom is 0.243 e. The molecule has 3 rings (SSSR count). The molecule has 0 spiro atoms. The van der Waals surface area contributed by atoms with Crippen molar-refractivity contribution in [2.24, 2.45) is 5.92 Å². The summed E-state index contributed by atoms with van der Waals surface area (Å²) in [4.78, 5) is 2.50. The number of nitrogens with zero attached hydrogens (tertiary/aromatic N) is 2. The molecule has 0 unspecified atom stereocenters. The number of benzene rings is 1. The molecule has 1 aromatic carbocycles. The lowest BCUT2D eigenvalue weighted by Crippen LogP contribution is -2.45. The minimum absolute atomic E-state index is 0.135. The van der Waals surface area contributed by atoms with Crippen molar-refractivity contribution < 1.29 is 17.9 Å². The Kier molecular flexibility index (Phi) is 4.40. The van der Waals surface area contributed by atoms with Crippen LogP contribution in [-0.4, -0.2) is 70.7 Å². The number of methoxy groups -OCH3 is 1. The van der Waals surface area contributed by atoms with Gasteiger partial charge in [-0.3, -0.25) is 0 Å². The lowest BCUT2D eigenvalue weighted by molar-refractivity contribution is 0.0659. The molecule has 0 radical (unpaired) electrons. The van der Waals surface area contributed by atoms with Gasteiger partial charge in [0.15, 0.2) is 0 Å². The summed E-state index contributed by atoms with van der Waals surface area (Å²) in [5.74, 6) is 0.863. The molecule has 1 aromatic rings. The smallest absolute Gasteiger partial charge is 0.243 e. The molecular formula is C15H22N2O4S. The first-order chi connectivity index (χ1) is 10.5. The molecule has 7 heteroatoms. The fraction of sp³-hybridized carbons (Fsp3) is 0.600. The highest BCUT2D eigenvalue weighted by atomic mass is 32.2. The number of ether oxygens (including phenoxy) is 2. The van der Waals surface area contributed by atoms with E-state index in [-0.39, 0.29) is 12.0 Å². The van der Waals surface area contributed by atoms with Crippen molar-refractivity contribution in [2.45, 2.75) is 10.9 Å². The Morgan fingerprint density at radius 1 is 1.14 bits per heavy atom. The van der Waals surface area contributed by atoms with Crippen LogP contribution >= 0.6 is 0 Å². The molecule has 2 bridgehead atoms. The van der Waals surface area contributed by atoms with E-state index in [1.165, 1.54) is 0 Å². The highest BCUT2D eigenvalue weighted by Gasteiger charge is 2.39. The summed E-state index contributed by atoms with van der Waals surface area (Å²) in [7, 11) is 0.0838. The van der Waals surface area contributed by atoms with Gasteiger partial charge in [0.1, 0.15) is 5.75 Å². The predicted octanol–water partition coefficient (Wildman–Crippen LogP) is 0.646. The van der Waals surface area contributed by atoms with Gasteiger partial charge in [0.25, 0.3) is 0 Å². The van der Waals surface area contributed by atoms with Crippen LogP contribution in [0.5, 0.6) is 5.75 Å². The normalized spacial score (nSPS) is 27.4. The Bertz CT molecular complexity index is 617. The standard InChI is InChI=1S/C15H22N2O4S/c1-16-7-12-8-17(13(9-16)11-21-10-12)22(18,19)15-5-3-14(20-2)4-6-15/h3-6,12-13H,7-11H2,1-2H3/t12-,13-/m0/s1. The second-order valence-electron chi connectivity index (χ2n) is 6.03. The Labute approximate surface area is 131 Å². The second-order valence-corrected chi connectivity index (χ2v) is 7.92. The Morgan fingerprint density at radius 3 is 2.55 bits per heavy atom. The van der Waals surface area contributed by atoms with Gasteiger partial charge in [-0.25, -0.2) is 8.42 Å². The van der Waals surface area contributed by atoms with Crippen molar-refractivity contribution in [1.82, 2.24) is 9.21 Å². The van der Waals surface area contributed by atoms with Gasteiger partial charge in [-0.1, -0.05) is 0 Å². The van der Waals surface area contributed by atoms with Crippen molar-refractivity contribution in [3.05, 3.63) is 24.3 Å². The second kappa shape index (κ2) is 6.16. The van der Waals surface area contributed by atoms with Crippen LogP contribution in [0.1, 0.15) is 0 Å². The maximum absolute atomic E-state index is 13.0. The Morgan fingerprint density at radius 2 is 1.86 bits per heavy atom. The molecule has 0 aromatic heterocycles. The largest absolute Gasteiger partial charge is 0.497 e. The number of fused-ring (bicyclic) bond motifs is 3. The molecule has 0 aliphatic carbocycles. The Hall–Kier alpha value is -1.15. The van der Waals surface area contributed by atoms with E-state index in [1.807, 2.05) is 7.05 Å². The third-order valence-corrected chi connectivity index (χ3v) is 6.20. The molecule has 22 heavy (non-hydrogen) atoms. The average molecular weight is 326 g/mol. The Balaban J connectivity index is 1.93. The number of hydrogen-bond donors (Lipinski definition) is 0. The van der Waals surface area contributed by atoms with E-state index in [1.54, 1.807) is 35.7 Å². The molecule has 2 atom stereocenters. The van der Waals surface area contributed by atoms with Gasteiger partial charge >= 0.3 is 0 Å². The fourth-order valence-electron chi connectivity index (χ4n) is 3.22. The monoisotopic (exact) mass is 326 g/mol. The zero-order valence-electron chi connectivity index (χ0n) is 12.9. The number of rotatable bonds is 3. The van der Waals surface area contributed by atoms with Crippen molar-refractivity contribution in [2.75, 3.05) is 47.0 Å². The molecule has 2 fully saturated rings. The maximum atomic E-state index is 13.0. The van der Waals surface area contributed by atoms with Crippen LogP contribution in [-0.2, 0) is 14.8 Å². The average Bonchev–Trinajstić information content (AvgIpc) is 2.78. The van der Waals surface area contributed by atoms with Gasteiger partial charge in [0.2, 0.25) is 10.0 Å². The van der Waals surface area contributed by atoms with E-state index in [9.17, 15) is 8.42 Å². The predicted molar refractivity (Wildman–Crippen MR) is 82.5 cm³/mol. The minimum Gasteiger partial charge on any atom is -0.497 e. The quantitative estimate of drug-likeness (QED) is 0.816. The summed E-state index contributed by atoms with van der Waals surface area (Å²) >= 11 is 0. The molecule has 2 aliphatic heterocycles. The molecule has 2 heterocycles. The van der Waals surface area contributed by atoms with Crippen molar-refractivity contribution in [3.63, 3.8) is 0 Å². The summed E-state index contributed by atoms with van der Waals surface area (Å²) < 4.78 is 38.4. The van der Waals surface area contributed by atoms with Crippen molar-refractivity contribution >= 4 is 10.0 Å². The summed E-state index contributed by atoms with van der Waals surface area (Å²) in [6.45, 7) is 3.16. The molecule has 122 valence electrons. The van der Waals surface area contributed by atoms with Gasteiger partial charge in [0.05, 0.1) is 31.3 Å². The van der Waals surface area contributed by atoms with Gasteiger partial charge in [-0.05, 0) is 31.3 Å². The molecule has 0 amide bonds. The van der Waals surface area contributed by atoms with Crippen LogP contribution in [0.4, 0.5) is 0 Å². The van der Waals surface area contributed by atoms with Crippen LogP contribution < -0.4 is 4.74 Å². The minimum atomic E-state index is -3.52. The third kappa shape index (κ3) is 2.99. The number of likely N-dealkylation sites (N-methyl/N-ethyl adjacent to an activating group) is 1. The van der Waals surface area contributed by atoms with E-state index in [2.05, 4.69) is 4.90 Å². The van der Waals surface area contributed by atoms with E-state index in [0.717, 1.165) is 6.54 Å². The van der Waals surface area contributed by atoms with Gasteiger partial charge < -0.3 is 14.4 Å². The summed E-state index contributed by atoms with van der Waals surface area (Å²) in [6, 6.07) is 6.43. The molecular weight excluding hydrogens is 304 g/mol. The van der Waals surface area contributed by atoms with Crippen LogP contribution in [0, 0.1) is 5.92 Å². The zero-order valence-corrected chi connectivity index (χ0v) is 13.8. The molecule has 0 saturated carbocycles. The first kappa shape index (κ1) is 15.7. The molecule has 0 N–H and O–H groups in total. The first-order valence-corrected chi connectivity index (χ1v) is 8.87. The lowest BCUT2D eigenvalue weighted by atomic mass is 10.1. The summed E-state index contributed by atoms with van der Waals surface area (Å²) in [5.41, 5.74) is 0. The van der Waals surface area contributed by atoms with E-state index < -0.39 is 10.0 Å². The van der Waals surface area contributed by atoms with E-state index in [4.69, 9.17) is 9.47 Å². The molecule has 6 nitrogen and oxygen atoms in total. The van der Waals surface area contributed by atoms with Crippen LogP contribution in [0.15, 0.2) is 29.2 Å². The van der Waals surface area contributed by atoms with Crippen LogP contribution in [0.2, 0.25) is 0 Å². The molecule has 2 aliphatic rings. The van der Waals surface area contributed by atoms with Crippen LogP contribution in [0.25, 0.3) is 0 Å². The van der Waals surface area contributed by atoms with Gasteiger partial charge in [-0.15, -0.1) is 0 Å². The number of hydrogen-bond acceptors (Lipinski definition) is 5. The number of sulfonamides is 1. The van der Waals surface area contributed by atoms with Gasteiger partial charge in [0, 0.05) is 25.6 Å². The zero-order chi connectivity index (χ0) is 15.7. The summed E-state index contributed by atoms with van der Waals surface area (Å²) in [6.07, 6.45) is 0. The molecule has 2 saturated heterocycles. The van der Waals surface area contributed by atoms with Crippen LogP contribution in [0.3, 0.4) is 0 Å². The summed E-state index contributed by atoms with van der Waals surface area (Å²) in [5, 5.41) is 0. The highest BCUT2D eigenvalue weighted by Crippen LogP contribution is 2.26. The van der Waals surface area contributed by atoms with E-state index >= 15 is 0 Å². The van der Waals surface area contributed by atoms with Crippen molar-refractivity contribution in [1.29, 1.82) is 0 Å². The third-order valence-electron chi connectivity index (χ3n) is 4.27. The lowest BCUT2D eigenvalue weighted by Gasteiger charge is -2.29. The SMILES string of the molecule is COc1ccc(S(=O)(=O)N2C[C@H]3COC[C@@H]2CN(C)C3)cc1. The van der Waals surface area contributed by atoms with Gasteiger partial charge in [-0.2, -0.15) is 4.31 Å². The fourth-order valence-corrected chi connectivity index (χ4v) is 4.89. The van der Waals surface area contributed by atoms with Crippen molar-refractivity contribution in [3.8, 4) is 5.75 Å².